The Balaban J connectivity index is 1.39. The molecule has 0 aromatic heterocycles. The molecule has 1 fully saturated rings. The van der Waals surface area contributed by atoms with E-state index in [4.69, 9.17) is 0 Å². The molecule has 1 heterocycles. The number of benzene rings is 2. The zero-order valence-corrected chi connectivity index (χ0v) is 21.1. The molecule has 1 saturated heterocycles. The molecule has 2 N–H and O–H groups in total. The molecule has 8 heteroatoms. The fraction of sp³-hybridized carbons (Fsp3) is 0.464. The third kappa shape index (κ3) is 6.29. The number of piperazine rings is 1. The number of carbonyl (C=O) groups is 3. The maximum absolute atomic E-state index is 14.9. The van der Waals surface area contributed by atoms with Gasteiger partial charge in [0.2, 0.25) is 17.7 Å². The molecule has 1 aliphatic heterocycles. The molecule has 36 heavy (non-hydrogen) atoms. The largest absolute Gasteiger partial charge is 0.344 e. The molecular formula is C28H35FN4O3. The van der Waals surface area contributed by atoms with Gasteiger partial charge < -0.3 is 20.4 Å². The molecule has 1 aliphatic carbocycles. The van der Waals surface area contributed by atoms with Gasteiger partial charge in [0.05, 0.1) is 5.69 Å². The van der Waals surface area contributed by atoms with Crippen LogP contribution < -0.4 is 10.6 Å². The fourth-order valence-electron chi connectivity index (χ4n) is 5.05. The Labute approximate surface area is 212 Å². The highest BCUT2D eigenvalue weighted by molar-refractivity contribution is 5.91. The minimum absolute atomic E-state index is 0.120. The van der Waals surface area contributed by atoms with Crippen LogP contribution in [0.5, 0.6) is 0 Å². The Kier molecular flexibility index (Phi) is 8.36. The van der Waals surface area contributed by atoms with Crippen molar-refractivity contribution in [3.8, 4) is 0 Å². The summed E-state index contributed by atoms with van der Waals surface area (Å²) < 4.78 is 14.9. The molecule has 7 nitrogen and oxygen atoms in total. The van der Waals surface area contributed by atoms with E-state index in [0.29, 0.717) is 25.1 Å². The van der Waals surface area contributed by atoms with E-state index in [1.807, 2.05) is 19.2 Å². The highest BCUT2D eigenvalue weighted by Gasteiger charge is 2.28. The summed E-state index contributed by atoms with van der Waals surface area (Å²) in [6.07, 6.45) is 2.63. The first kappa shape index (κ1) is 25.8. The molecule has 0 spiro atoms. The molecule has 2 atom stereocenters. The van der Waals surface area contributed by atoms with Crippen molar-refractivity contribution in [1.29, 1.82) is 0 Å². The Morgan fingerprint density at radius 3 is 2.53 bits per heavy atom. The Bertz CT molecular complexity index is 1110. The van der Waals surface area contributed by atoms with Crippen LogP contribution in [-0.2, 0) is 27.2 Å². The van der Waals surface area contributed by atoms with Gasteiger partial charge in [-0.3, -0.25) is 14.4 Å². The monoisotopic (exact) mass is 494 g/mol. The van der Waals surface area contributed by atoms with Gasteiger partial charge in [0.15, 0.2) is 0 Å². The molecule has 0 unspecified atom stereocenters. The number of aryl methyl sites for hydroxylation is 1. The number of likely N-dealkylation sites (N-methyl/N-ethyl adjacent to an activating group) is 1. The quantitative estimate of drug-likeness (QED) is 0.591. The van der Waals surface area contributed by atoms with Crippen LogP contribution in [0.4, 0.5) is 10.1 Å². The highest BCUT2D eigenvalue weighted by atomic mass is 19.1. The van der Waals surface area contributed by atoms with E-state index in [1.54, 1.807) is 17.9 Å². The highest BCUT2D eigenvalue weighted by Crippen LogP contribution is 2.35. The number of nitrogens with one attached hydrogen (secondary N) is 2. The average molecular weight is 495 g/mol. The molecule has 4 rings (SSSR count). The molecule has 2 aliphatic rings. The number of hydrogen-bond acceptors (Lipinski definition) is 4. The summed E-state index contributed by atoms with van der Waals surface area (Å²) in [4.78, 5) is 41.8. The van der Waals surface area contributed by atoms with E-state index in [-0.39, 0.29) is 42.2 Å². The van der Waals surface area contributed by atoms with Gasteiger partial charge in [0.1, 0.15) is 11.9 Å². The minimum Gasteiger partial charge on any atom is -0.344 e. The molecule has 2 aromatic carbocycles. The average Bonchev–Trinajstić information content (AvgIpc) is 3.28. The SMILES string of the molecule is CCC(=O)N[C@H](Cc1ccc(NC(=O)C[C@@H]2CCc3ccccc32)c(F)c1)C(=O)N1CCN(C)CC1. The van der Waals surface area contributed by atoms with Gasteiger partial charge in [-0.05, 0) is 54.6 Å². The summed E-state index contributed by atoms with van der Waals surface area (Å²) in [7, 11) is 2.01. The van der Waals surface area contributed by atoms with Crippen molar-refractivity contribution in [3.63, 3.8) is 0 Å². The molecule has 0 bridgehead atoms. The van der Waals surface area contributed by atoms with Gasteiger partial charge in [-0.25, -0.2) is 4.39 Å². The second-order valence-electron chi connectivity index (χ2n) is 9.81. The Morgan fingerprint density at radius 2 is 1.81 bits per heavy atom. The second-order valence-corrected chi connectivity index (χ2v) is 9.81. The van der Waals surface area contributed by atoms with Crippen LogP contribution in [0.2, 0.25) is 0 Å². The van der Waals surface area contributed by atoms with E-state index < -0.39 is 11.9 Å². The lowest BCUT2D eigenvalue weighted by molar-refractivity contribution is -0.137. The predicted octanol–water partition coefficient (Wildman–Crippen LogP) is 3.10. The maximum Gasteiger partial charge on any atom is 0.245 e. The first-order valence-electron chi connectivity index (χ1n) is 12.8. The predicted molar refractivity (Wildman–Crippen MR) is 137 cm³/mol. The lowest BCUT2D eigenvalue weighted by atomic mass is 9.97. The van der Waals surface area contributed by atoms with Crippen LogP contribution in [0.15, 0.2) is 42.5 Å². The normalized spacial score (nSPS) is 18.4. The van der Waals surface area contributed by atoms with Crippen LogP contribution in [0.25, 0.3) is 0 Å². The van der Waals surface area contributed by atoms with Crippen LogP contribution in [-0.4, -0.2) is 66.8 Å². The molecular weight excluding hydrogens is 459 g/mol. The molecule has 192 valence electrons. The minimum atomic E-state index is -0.761. The summed E-state index contributed by atoms with van der Waals surface area (Å²) in [5.74, 6) is -1.01. The van der Waals surface area contributed by atoms with Crippen LogP contribution >= 0.6 is 0 Å². The van der Waals surface area contributed by atoms with Crippen molar-refractivity contribution in [2.45, 2.75) is 51.0 Å². The number of rotatable bonds is 8. The van der Waals surface area contributed by atoms with Crippen LogP contribution in [0.3, 0.4) is 0 Å². The van der Waals surface area contributed by atoms with Gasteiger partial charge >= 0.3 is 0 Å². The van der Waals surface area contributed by atoms with E-state index >= 15 is 0 Å². The summed E-state index contributed by atoms with van der Waals surface area (Å²) in [5.41, 5.74) is 3.18. The van der Waals surface area contributed by atoms with Gasteiger partial charge in [0, 0.05) is 45.4 Å². The van der Waals surface area contributed by atoms with Crippen LogP contribution in [0, 0.1) is 5.82 Å². The number of hydrogen-bond donors (Lipinski definition) is 2. The zero-order chi connectivity index (χ0) is 25.7. The maximum atomic E-state index is 14.9. The van der Waals surface area contributed by atoms with E-state index in [2.05, 4.69) is 27.7 Å². The van der Waals surface area contributed by atoms with Crippen molar-refractivity contribution < 1.29 is 18.8 Å². The number of amides is 3. The van der Waals surface area contributed by atoms with Gasteiger partial charge in [-0.2, -0.15) is 0 Å². The van der Waals surface area contributed by atoms with Crippen molar-refractivity contribution in [2.24, 2.45) is 0 Å². The number of fused-ring (bicyclic) bond motifs is 1. The van der Waals surface area contributed by atoms with Crippen LogP contribution in [0.1, 0.15) is 48.8 Å². The molecule has 0 radical (unpaired) electrons. The smallest absolute Gasteiger partial charge is 0.245 e. The van der Waals surface area contributed by atoms with Crippen molar-refractivity contribution in [2.75, 3.05) is 38.5 Å². The number of nitrogens with zero attached hydrogens (tertiary/aromatic N) is 2. The van der Waals surface area contributed by atoms with E-state index in [0.717, 1.165) is 25.9 Å². The third-order valence-corrected chi connectivity index (χ3v) is 7.21. The van der Waals surface area contributed by atoms with E-state index in [1.165, 1.54) is 23.3 Å². The van der Waals surface area contributed by atoms with E-state index in [9.17, 15) is 18.8 Å². The molecule has 0 saturated carbocycles. The molecule has 2 aromatic rings. The van der Waals surface area contributed by atoms with Gasteiger partial charge in [0.25, 0.3) is 0 Å². The Hall–Kier alpha value is -3.26. The summed E-state index contributed by atoms with van der Waals surface area (Å²) >= 11 is 0. The first-order chi connectivity index (χ1) is 17.3. The third-order valence-electron chi connectivity index (χ3n) is 7.21. The Morgan fingerprint density at radius 1 is 1.06 bits per heavy atom. The second kappa shape index (κ2) is 11.6. The lowest BCUT2D eigenvalue weighted by Crippen LogP contribution is -2.54. The molecule has 3 amide bonds. The number of carbonyl (C=O) groups excluding carboxylic acids is 3. The van der Waals surface area contributed by atoms with Gasteiger partial charge in [-0.1, -0.05) is 37.3 Å². The number of anilines is 1. The first-order valence-corrected chi connectivity index (χ1v) is 12.8. The van der Waals surface area contributed by atoms with Crippen molar-refractivity contribution >= 4 is 23.4 Å². The number of halogens is 1. The van der Waals surface area contributed by atoms with Gasteiger partial charge in [-0.15, -0.1) is 0 Å². The summed E-state index contributed by atoms with van der Waals surface area (Å²) in [6.45, 7) is 4.47. The fourth-order valence-corrected chi connectivity index (χ4v) is 5.05. The summed E-state index contributed by atoms with van der Waals surface area (Å²) in [6, 6.07) is 12.0. The van der Waals surface area contributed by atoms with Crippen molar-refractivity contribution in [1.82, 2.24) is 15.1 Å². The van der Waals surface area contributed by atoms with Crippen molar-refractivity contribution in [3.05, 3.63) is 65.0 Å². The summed E-state index contributed by atoms with van der Waals surface area (Å²) in [5, 5.41) is 5.51. The zero-order valence-electron chi connectivity index (χ0n) is 21.1. The standard InChI is InChI=1S/C28H35FN4O3/c1-3-26(34)31-25(28(36)33-14-12-32(2)13-15-33)17-19-8-11-24(23(29)16-19)30-27(35)18-21-10-9-20-6-4-5-7-22(20)21/h4-8,11,16,21,25H,3,9-10,12-15,17-18H2,1-2H3,(H,30,35)(H,31,34)/t21-,25+/m0/s1. The topological polar surface area (TPSA) is 81.8 Å². The lowest BCUT2D eigenvalue weighted by Gasteiger charge is -2.34.